The minimum absolute atomic E-state index is 0.0696. The molecule has 134 valence electrons. The number of rotatable bonds is 5. The molecule has 0 saturated carbocycles. The molecule has 2 heterocycles. The summed E-state index contributed by atoms with van der Waals surface area (Å²) in [6.45, 7) is 1.47. The van der Waals surface area contributed by atoms with Crippen LogP contribution < -0.4 is 10.6 Å². The van der Waals surface area contributed by atoms with Gasteiger partial charge in [0.1, 0.15) is 0 Å². The summed E-state index contributed by atoms with van der Waals surface area (Å²) in [5, 5.41) is 8.32. The Kier molecular flexibility index (Phi) is 4.96. The Labute approximate surface area is 157 Å². The van der Waals surface area contributed by atoms with E-state index in [1.54, 1.807) is 0 Å². The van der Waals surface area contributed by atoms with Gasteiger partial charge in [0.15, 0.2) is 0 Å². The van der Waals surface area contributed by atoms with Crippen LogP contribution in [0.25, 0.3) is 10.9 Å². The van der Waals surface area contributed by atoms with Crippen LogP contribution in [0.3, 0.4) is 0 Å². The molecule has 3 aromatic rings. The maximum Gasteiger partial charge on any atom is 0.237 e. The molecule has 26 heavy (non-hydrogen) atoms. The maximum absolute atomic E-state index is 12.5. The van der Waals surface area contributed by atoms with Gasteiger partial charge < -0.3 is 15.6 Å². The maximum atomic E-state index is 12.5. The van der Waals surface area contributed by atoms with Gasteiger partial charge in [0, 0.05) is 41.1 Å². The van der Waals surface area contributed by atoms with Crippen molar-refractivity contribution in [1.82, 2.24) is 15.6 Å². The van der Waals surface area contributed by atoms with Gasteiger partial charge in [-0.25, -0.2) is 0 Å². The van der Waals surface area contributed by atoms with Crippen LogP contribution in [0.2, 0.25) is 5.02 Å². The molecule has 0 radical (unpaired) electrons. The molecule has 1 aromatic heterocycles. The highest BCUT2D eigenvalue weighted by atomic mass is 35.5. The van der Waals surface area contributed by atoms with Crippen LogP contribution in [0, 0.1) is 0 Å². The average Bonchev–Trinajstić information content (AvgIpc) is 3.07. The van der Waals surface area contributed by atoms with Crippen LogP contribution in [-0.2, 0) is 11.2 Å². The highest BCUT2D eigenvalue weighted by molar-refractivity contribution is 6.30. The molecule has 0 aliphatic carbocycles. The summed E-state index contributed by atoms with van der Waals surface area (Å²) < 4.78 is 0. The Balaban J connectivity index is 1.61. The summed E-state index contributed by atoms with van der Waals surface area (Å²) in [7, 11) is 0. The summed E-state index contributed by atoms with van der Waals surface area (Å²) in [6.07, 6.45) is 3.84. The lowest BCUT2D eigenvalue weighted by atomic mass is 9.85. The molecule has 4 nitrogen and oxygen atoms in total. The second-order valence-corrected chi connectivity index (χ2v) is 7.22. The van der Waals surface area contributed by atoms with Crippen LogP contribution in [0.4, 0.5) is 0 Å². The highest BCUT2D eigenvalue weighted by Gasteiger charge is 2.31. The Hall–Kier alpha value is -2.30. The number of nitrogens with one attached hydrogen (secondary N) is 3. The summed E-state index contributed by atoms with van der Waals surface area (Å²) >= 11 is 6.22. The number of carbonyl (C=O) groups excluding carboxylic acids is 1. The number of para-hydroxylation sites is 1. The molecule has 1 aliphatic rings. The normalized spacial score (nSPS) is 18.7. The number of amides is 1. The van der Waals surface area contributed by atoms with E-state index in [1.165, 1.54) is 10.9 Å². The molecule has 1 aliphatic heterocycles. The van der Waals surface area contributed by atoms with Crippen LogP contribution >= 0.6 is 11.6 Å². The van der Waals surface area contributed by atoms with Gasteiger partial charge in [-0.3, -0.25) is 4.79 Å². The number of piperazine rings is 1. The second kappa shape index (κ2) is 7.52. The first-order chi connectivity index (χ1) is 12.7. The molecular formula is C21H22ClN3O. The fourth-order valence-corrected chi connectivity index (χ4v) is 4.05. The van der Waals surface area contributed by atoms with Gasteiger partial charge in [-0.05, 0) is 42.2 Å². The zero-order chi connectivity index (χ0) is 17.9. The van der Waals surface area contributed by atoms with E-state index in [0.29, 0.717) is 11.6 Å². The van der Waals surface area contributed by atoms with Gasteiger partial charge in [0.2, 0.25) is 5.91 Å². The number of benzene rings is 2. The van der Waals surface area contributed by atoms with Gasteiger partial charge in [0.05, 0.1) is 6.04 Å². The number of aromatic nitrogens is 1. The summed E-state index contributed by atoms with van der Waals surface area (Å²) in [5.41, 5.74) is 3.53. The Morgan fingerprint density at radius 2 is 2.00 bits per heavy atom. The van der Waals surface area contributed by atoms with E-state index in [-0.39, 0.29) is 17.9 Å². The van der Waals surface area contributed by atoms with E-state index in [0.717, 1.165) is 30.5 Å². The third-order valence-corrected chi connectivity index (χ3v) is 5.38. The van der Waals surface area contributed by atoms with E-state index in [4.69, 9.17) is 11.6 Å². The fraction of sp³-hybridized carbons (Fsp3) is 0.286. The largest absolute Gasteiger partial charge is 0.361 e. The van der Waals surface area contributed by atoms with Crippen molar-refractivity contribution >= 4 is 28.4 Å². The van der Waals surface area contributed by atoms with E-state index >= 15 is 0 Å². The van der Waals surface area contributed by atoms with E-state index in [2.05, 4.69) is 46.1 Å². The molecule has 1 fully saturated rings. The lowest BCUT2D eigenvalue weighted by Crippen LogP contribution is -2.55. The molecule has 3 N–H and O–H groups in total. The van der Waals surface area contributed by atoms with Crippen LogP contribution in [0.15, 0.2) is 54.7 Å². The number of H-pyrrole nitrogens is 1. The number of aromatic amines is 1. The van der Waals surface area contributed by atoms with Crippen molar-refractivity contribution in [1.29, 1.82) is 0 Å². The van der Waals surface area contributed by atoms with Crippen molar-refractivity contribution in [2.24, 2.45) is 0 Å². The minimum atomic E-state index is -0.229. The predicted octanol–water partition coefficient (Wildman–Crippen LogP) is 3.63. The van der Waals surface area contributed by atoms with Crippen molar-refractivity contribution in [3.63, 3.8) is 0 Å². The molecule has 5 heteroatoms. The molecule has 0 bridgehead atoms. The average molecular weight is 368 g/mol. The minimum Gasteiger partial charge on any atom is -0.361 e. The molecule has 4 rings (SSSR count). The van der Waals surface area contributed by atoms with Crippen molar-refractivity contribution in [3.8, 4) is 0 Å². The molecule has 1 amide bonds. The van der Waals surface area contributed by atoms with Crippen LogP contribution in [0.1, 0.15) is 23.5 Å². The number of fused-ring (bicyclic) bond motifs is 1. The molecule has 1 saturated heterocycles. The quantitative estimate of drug-likeness (QED) is 0.645. The fourth-order valence-electron chi connectivity index (χ4n) is 3.85. The molecule has 1 unspecified atom stereocenters. The molecule has 0 spiro atoms. The Bertz CT molecular complexity index is 920. The first-order valence-electron chi connectivity index (χ1n) is 9.04. The van der Waals surface area contributed by atoms with Gasteiger partial charge in [-0.2, -0.15) is 0 Å². The summed E-state index contributed by atoms with van der Waals surface area (Å²) in [5.74, 6) is 0.141. The van der Waals surface area contributed by atoms with E-state index in [9.17, 15) is 4.79 Å². The van der Waals surface area contributed by atoms with Gasteiger partial charge in [0.25, 0.3) is 0 Å². The SMILES string of the molecule is O=C1NCCN[C@@H]1C(CCc1c[nH]c2ccccc12)c1cccc(Cl)c1. The lowest BCUT2D eigenvalue weighted by molar-refractivity contribution is -0.124. The van der Waals surface area contributed by atoms with Crippen LogP contribution in [-0.4, -0.2) is 30.0 Å². The topological polar surface area (TPSA) is 56.9 Å². The van der Waals surface area contributed by atoms with Crippen LogP contribution in [0.5, 0.6) is 0 Å². The molecule has 2 atom stereocenters. The third kappa shape index (κ3) is 3.48. The first-order valence-corrected chi connectivity index (χ1v) is 9.42. The van der Waals surface area contributed by atoms with E-state index < -0.39 is 0 Å². The first kappa shape index (κ1) is 17.1. The summed E-state index contributed by atoms with van der Waals surface area (Å²) in [6, 6.07) is 16.0. The number of hydrogen-bond donors (Lipinski definition) is 3. The monoisotopic (exact) mass is 367 g/mol. The van der Waals surface area contributed by atoms with Crippen molar-refractivity contribution in [3.05, 3.63) is 70.9 Å². The zero-order valence-corrected chi connectivity index (χ0v) is 15.2. The lowest BCUT2D eigenvalue weighted by Gasteiger charge is -2.31. The Morgan fingerprint density at radius 1 is 1.12 bits per heavy atom. The number of hydrogen-bond acceptors (Lipinski definition) is 2. The van der Waals surface area contributed by atoms with Crippen molar-refractivity contribution in [2.75, 3.05) is 13.1 Å². The standard InChI is InChI=1S/C21H22ClN3O/c22-16-5-3-4-14(12-16)18(20-21(26)24-11-10-23-20)9-8-15-13-25-19-7-2-1-6-17(15)19/h1-7,12-13,18,20,23,25H,8-11H2,(H,24,26)/t18?,20-/m1/s1. The third-order valence-electron chi connectivity index (χ3n) is 5.15. The van der Waals surface area contributed by atoms with E-state index in [1.807, 2.05) is 24.3 Å². The van der Waals surface area contributed by atoms with Crippen molar-refractivity contribution < 1.29 is 4.79 Å². The summed E-state index contributed by atoms with van der Waals surface area (Å²) in [4.78, 5) is 15.8. The predicted molar refractivity (Wildman–Crippen MR) is 106 cm³/mol. The number of aryl methyl sites for hydroxylation is 1. The number of halogens is 1. The molecule has 2 aromatic carbocycles. The smallest absolute Gasteiger partial charge is 0.237 e. The number of carbonyl (C=O) groups is 1. The Morgan fingerprint density at radius 3 is 2.85 bits per heavy atom. The van der Waals surface area contributed by atoms with Gasteiger partial charge in [-0.1, -0.05) is 41.9 Å². The van der Waals surface area contributed by atoms with Crippen molar-refractivity contribution in [2.45, 2.75) is 24.8 Å². The highest BCUT2D eigenvalue weighted by Crippen LogP contribution is 2.30. The second-order valence-electron chi connectivity index (χ2n) is 6.78. The van der Waals surface area contributed by atoms with Gasteiger partial charge >= 0.3 is 0 Å². The van der Waals surface area contributed by atoms with Gasteiger partial charge in [-0.15, -0.1) is 0 Å². The molecular weight excluding hydrogens is 346 g/mol. The zero-order valence-electron chi connectivity index (χ0n) is 14.5.